The number of carbonyl (C=O) groups excluding carboxylic acids is 3. The minimum atomic E-state index is -4.70. The average molecular weight is 600 g/mol. The molecular weight excluding hydrogens is 573 g/mol. The van der Waals surface area contributed by atoms with Crippen LogP contribution in [0.4, 0.5) is 32.4 Å². The molecule has 0 spiro atoms. The fourth-order valence-electron chi connectivity index (χ4n) is 4.21. The minimum Gasteiger partial charge on any atom is -0.443 e. The molecule has 2 aliphatic rings. The van der Waals surface area contributed by atoms with E-state index in [0.29, 0.717) is 18.1 Å². The molecule has 0 fully saturated rings. The second kappa shape index (κ2) is 11.3. The van der Waals surface area contributed by atoms with Crippen LogP contribution in [0.5, 0.6) is 0 Å². The molecule has 0 unspecified atom stereocenters. The van der Waals surface area contributed by atoms with Gasteiger partial charge in [-0.25, -0.2) is 13.6 Å². The van der Waals surface area contributed by atoms with Crippen molar-refractivity contribution in [3.8, 4) is 0 Å². The Morgan fingerprint density at radius 3 is 2.20 bits per heavy atom. The Kier molecular flexibility index (Phi) is 8.32. The van der Waals surface area contributed by atoms with Gasteiger partial charge in [-0.2, -0.15) is 13.2 Å². The van der Waals surface area contributed by atoms with Crippen LogP contribution in [0, 0.1) is 17.0 Å². The normalized spacial score (nSPS) is 15.3. The van der Waals surface area contributed by atoms with E-state index in [9.17, 15) is 36.3 Å². The van der Waals surface area contributed by atoms with Crippen molar-refractivity contribution in [1.29, 1.82) is 0 Å². The van der Waals surface area contributed by atoms with Crippen molar-refractivity contribution in [3.63, 3.8) is 0 Å². The van der Waals surface area contributed by atoms with Gasteiger partial charge in [-0.05, 0) is 41.3 Å². The molecule has 9 nitrogen and oxygen atoms in total. The van der Waals surface area contributed by atoms with Crippen molar-refractivity contribution in [2.75, 3.05) is 31.5 Å². The number of hydrogen-bond donors (Lipinski definition) is 2. The van der Waals surface area contributed by atoms with Gasteiger partial charge in [0.15, 0.2) is 11.6 Å². The molecule has 220 valence electrons. The molecular formula is C26H26F5N5O4S. The highest BCUT2D eigenvalue weighted by molar-refractivity contribution is 7.97. The van der Waals surface area contributed by atoms with E-state index in [1.165, 1.54) is 15.9 Å². The van der Waals surface area contributed by atoms with Crippen molar-refractivity contribution in [2.45, 2.75) is 38.4 Å². The highest BCUT2D eigenvalue weighted by Crippen LogP contribution is 2.33. The van der Waals surface area contributed by atoms with Gasteiger partial charge in [-0.1, -0.05) is 20.8 Å². The SMILES string of the molecule is CC(C)(C)C(=O)Nc1cc(C(F)(F)F)cnc1COC(=O)N1CC2=C(C1)CN(C(=O)c1ccc(SN)c(F)c1F)C2. The smallest absolute Gasteiger partial charge is 0.417 e. The zero-order chi connectivity index (χ0) is 30.3. The summed E-state index contributed by atoms with van der Waals surface area (Å²) in [7, 11) is 0. The standard InChI is InChI=1S/C26H26F5N5O4S/c1-25(2,3)23(38)34-17-6-15(26(29,30)31)7-33-18(17)12-40-24(39)36-10-13-8-35(9-14(13)11-36)22(37)16-4-5-19(41-32)21(28)20(16)27/h4-7H,8-12,32H2,1-3H3,(H,34,38). The van der Waals surface area contributed by atoms with Gasteiger partial charge in [0.2, 0.25) is 5.91 Å². The van der Waals surface area contributed by atoms with Crippen LogP contribution in [0.2, 0.25) is 0 Å². The van der Waals surface area contributed by atoms with Crippen LogP contribution in [0.15, 0.2) is 40.4 Å². The molecule has 0 aliphatic carbocycles. The average Bonchev–Trinajstić information content (AvgIpc) is 3.47. The molecule has 0 bridgehead atoms. The second-order valence-electron chi connectivity index (χ2n) is 10.6. The number of anilines is 1. The third-order valence-corrected chi connectivity index (χ3v) is 7.11. The number of benzene rings is 1. The van der Waals surface area contributed by atoms with E-state index in [1.807, 2.05) is 0 Å². The van der Waals surface area contributed by atoms with Gasteiger partial charge in [0, 0.05) is 37.8 Å². The largest absolute Gasteiger partial charge is 0.443 e. The van der Waals surface area contributed by atoms with Crippen LogP contribution in [-0.2, 0) is 22.3 Å². The number of nitrogens with zero attached hydrogens (tertiary/aromatic N) is 3. The number of hydrogen-bond acceptors (Lipinski definition) is 7. The summed E-state index contributed by atoms with van der Waals surface area (Å²) in [6, 6.07) is 3.11. The Balaban J connectivity index is 1.38. The number of alkyl halides is 3. The van der Waals surface area contributed by atoms with Gasteiger partial charge >= 0.3 is 12.3 Å². The van der Waals surface area contributed by atoms with Crippen molar-refractivity contribution < 1.29 is 41.1 Å². The van der Waals surface area contributed by atoms with Crippen LogP contribution in [0.25, 0.3) is 0 Å². The quantitative estimate of drug-likeness (QED) is 0.290. The number of nitrogens with two attached hydrogens (primary N) is 1. The Morgan fingerprint density at radius 1 is 1.02 bits per heavy atom. The molecule has 1 aromatic heterocycles. The molecule has 2 aliphatic heterocycles. The maximum atomic E-state index is 14.4. The topological polar surface area (TPSA) is 118 Å². The zero-order valence-corrected chi connectivity index (χ0v) is 23.0. The van der Waals surface area contributed by atoms with E-state index in [-0.39, 0.29) is 42.5 Å². The lowest BCUT2D eigenvalue weighted by Crippen LogP contribution is -2.37. The van der Waals surface area contributed by atoms with Crippen LogP contribution in [0.3, 0.4) is 0 Å². The first-order chi connectivity index (χ1) is 19.1. The van der Waals surface area contributed by atoms with Crippen LogP contribution >= 0.6 is 11.9 Å². The molecule has 3 heterocycles. The summed E-state index contributed by atoms with van der Waals surface area (Å²) in [5, 5.41) is 7.71. The number of aromatic nitrogens is 1. The van der Waals surface area contributed by atoms with E-state index in [1.54, 1.807) is 20.8 Å². The number of ether oxygens (including phenoxy) is 1. The summed E-state index contributed by atoms with van der Waals surface area (Å²) >= 11 is 0.522. The summed E-state index contributed by atoms with van der Waals surface area (Å²) in [4.78, 5) is 44.3. The molecule has 15 heteroatoms. The third-order valence-electron chi connectivity index (χ3n) is 6.54. The first kappa shape index (κ1) is 30.2. The Labute approximate surface area is 236 Å². The van der Waals surface area contributed by atoms with Crippen molar-refractivity contribution >= 4 is 35.5 Å². The van der Waals surface area contributed by atoms with E-state index in [2.05, 4.69) is 10.3 Å². The maximum absolute atomic E-state index is 14.4. The van der Waals surface area contributed by atoms with Gasteiger partial charge in [0.05, 0.1) is 21.7 Å². The highest BCUT2D eigenvalue weighted by atomic mass is 32.2. The predicted molar refractivity (Wildman–Crippen MR) is 138 cm³/mol. The number of carbonyl (C=O) groups is 3. The number of nitrogens with one attached hydrogen (secondary N) is 1. The van der Waals surface area contributed by atoms with Gasteiger partial charge in [0.1, 0.15) is 12.3 Å². The molecule has 4 rings (SSSR count). The molecule has 0 saturated carbocycles. The van der Waals surface area contributed by atoms with Crippen molar-refractivity contribution in [3.05, 3.63) is 64.0 Å². The zero-order valence-electron chi connectivity index (χ0n) is 22.2. The molecule has 0 atom stereocenters. The van der Waals surface area contributed by atoms with Crippen LogP contribution < -0.4 is 10.5 Å². The van der Waals surface area contributed by atoms with E-state index in [4.69, 9.17) is 9.88 Å². The van der Waals surface area contributed by atoms with Crippen molar-refractivity contribution in [2.24, 2.45) is 10.6 Å². The third kappa shape index (κ3) is 6.45. The van der Waals surface area contributed by atoms with Gasteiger partial charge in [-0.3, -0.25) is 19.7 Å². The lowest BCUT2D eigenvalue weighted by atomic mass is 9.95. The van der Waals surface area contributed by atoms with E-state index in [0.717, 1.165) is 23.3 Å². The fourth-order valence-corrected chi connectivity index (χ4v) is 4.55. The minimum absolute atomic E-state index is 0.0752. The molecule has 41 heavy (non-hydrogen) atoms. The van der Waals surface area contributed by atoms with Crippen LogP contribution in [0.1, 0.15) is 42.4 Å². The summed E-state index contributed by atoms with van der Waals surface area (Å²) in [5.74, 6) is -3.77. The summed E-state index contributed by atoms with van der Waals surface area (Å²) < 4.78 is 73.5. The number of pyridine rings is 1. The molecule has 0 saturated heterocycles. The first-order valence-electron chi connectivity index (χ1n) is 12.2. The van der Waals surface area contributed by atoms with Crippen molar-refractivity contribution in [1.82, 2.24) is 14.8 Å². The Morgan fingerprint density at radius 2 is 1.63 bits per heavy atom. The lowest BCUT2D eigenvalue weighted by molar-refractivity contribution is -0.137. The number of halogens is 5. The fraction of sp³-hybridized carbons (Fsp3) is 0.385. The molecule has 3 N–H and O–H groups in total. The van der Waals surface area contributed by atoms with E-state index >= 15 is 0 Å². The summed E-state index contributed by atoms with van der Waals surface area (Å²) in [5.41, 5.74) is -1.26. The van der Waals surface area contributed by atoms with Gasteiger partial charge in [-0.15, -0.1) is 0 Å². The van der Waals surface area contributed by atoms with Gasteiger partial charge in [0.25, 0.3) is 5.91 Å². The van der Waals surface area contributed by atoms with E-state index < -0.39 is 58.9 Å². The highest BCUT2D eigenvalue weighted by Gasteiger charge is 2.37. The molecule has 2 aromatic rings. The second-order valence-corrected chi connectivity index (χ2v) is 11.2. The summed E-state index contributed by atoms with van der Waals surface area (Å²) in [6.45, 7) is 4.64. The number of rotatable bonds is 5. The molecule has 1 aromatic carbocycles. The summed E-state index contributed by atoms with van der Waals surface area (Å²) in [6.07, 6.45) is -4.90. The number of amides is 3. The Bertz CT molecular complexity index is 1420. The van der Waals surface area contributed by atoms with Crippen LogP contribution in [-0.4, -0.2) is 58.9 Å². The maximum Gasteiger partial charge on any atom is 0.417 e. The first-order valence-corrected chi connectivity index (χ1v) is 13.1. The molecule has 0 radical (unpaired) electrons. The predicted octanol–water partition coefficient (Wildman–Crippen LogP) is 4.73. The lowest BCUT2D eigenvalue weighted by Gasteiger charge is -2.23. The monoisotopic (exact) mass is 599 g/mol. The Hall–Kier alpha value is -3.72. The molecule has 3 amide bonds. The van der Waals surface area contributed by atoms with Gasteiger partial charge < -0.3 is 19.9 Å².